The van der Waals surface area contributed by atoms with Gasteiger partial charge in [0.05, 0.1) is 6.04 Å². The molecule has 0 bridgehead atoms. The van der Waals surface area contributed by atoms with Crippen molar-refractivity contribution in [2.45, 2.75) is 65.0 Å². The average molecular weight is 254 g/mol. The summed E-state index contributed by atoms with van der Waals surface area (Å²) in [6.45, 7) is 6.89. The van der Waals surface area contributed by atoms with E-state index >= 15 is 0 Å². The van der Waals surface area contributed by atoms with Crippen molar-refractivity contribution in [2.24, 2.45) is 16.8 Å². The molecule has 0 radical (unpaired) electrons. The first-order chi connectivity index (χ1) is 8.19. The number of nitrogens with one attached hydrogen (secondary N) is 1. The normalized spacial score (nSPS) is 31.6. The Bertz CT molecular complexity index is 277. The summed E-state index contributed by atoms with van der Waals surface area (Å²) in [5.41, 5.74) is 0. The lowest BCUT2D eigenvalue weighted by Crippen LogP contribution is -2.36. The Morgan fingerprint density at radius 1 is 1.41 bits per heavy atom. The van der Waals surface area contributed by atoms with Crippen molar-refractivity contribution in [2.75, 3.05) is 5.75 Å². The molecular weight excluding hydrogens is 228 g/mol. The van der Waals surface area contributed by atoms with Crippen molar-refractivity contribution in [3.63, 3.8) is 0 Å². The standard InChI is InChI=1S/C14H26N2S/c1-4-10(2)8-11(3)15-14-16-13-7-5-6-12(13)9-17-14/h10-13H,4-9H2,1-3H3,(H,15,16). The fourth-order valence-corrected chi connectivity index (χ4v) is 4.13. The van der Waals surface area contributed by atoms with E-state index in [1.165, 1.54) is 43.0 Å². The van der Waals surface area contributed by atoms with Crippen LogP contribution in [0.15, 0.2) is 4.99 Å². The molecule has 1 N–H and O–H groups in total. The van der Waals surface area contributed by atoms with E-state index < -0.39 is 0 Å². The van der Waals surface area contributed by atoms with Gasteiger partial charge in [0.2, 0.25) is 0 Å². The predicted octanol–water partition coefficient (Wildman–Crippen LogP) is 3.67. The number of nitrogens with zero attached hydrogens (tertiary/aromatic N) is 1. The lowest BCUT2D eigenvalue weighted by atomic mass is 10.0. The van der Waals surface area contributed by atoms with Gasteiger partial charge < -0.3 is 5.32 Å². The molecule has 4 atom stereocenters. The van der Waals surface area contributed by atoms with Crippen LogP contribution in [-0.2, 0) is 0 Å². The predicted molar refractivity (Wildman–Crippen MR) is 77.7 cm³/mol. The lowest BCUT2D eigenvalue weighted by Gasteiger charge is -2.26. The molecule has 2 aliphatic rings. The number of amidine groups is 1. The van der Waals surface area contributed by atoms with E-state index in [2.05, 4.69) is 26.1 Å². The summed E-state index contributed by atoms with van der Waals surface area (Å²) >= 11 is 1.94. The minimum atomic E-state index is 0.564. The third-order valence-corrected chi connectivity index (χ3v) is 5.25. The van der Waals surface area contributed by atoms with Crippen LogP contribution < -0.4 is 5.32 Å². The highest BCUT2D eigenvalue weighted by Crippen LogP contribution is 2.35. The molecule has 1 aliphatic carbocycles. The van der Waals surface area contributed by atoms with E-state index in [1.54, 1.807) is 0 Å². The van der Waals surface area contributed by atoms with Crippen molar-refractivity contribution in [3.05, 3.63) is 0 Å². The smallest absolute Gasteiger partial charge is 0.157 e. The first-order valence-corrected chi connectivity index (χ1v) is 8.14. The zero-order valence-electron chi connectivity index (χ0n) is 11.4. The molecule has 0 aromatic rings. The third kappa shape index (κ3) is 3.64. The van der Waals surface area contributed by atoms with Crippen LogP contribution in [0, 0.1) is 11.8 Å². The molecule has 17 heavy (non-hydrogen) atoms. The second-order valence-corrected chi connectivity index (χ2v) is 6.81. The molecule has 0 amide bonds. The lowest BCUT2D eigenvalue weighted by molar-refractivity contribution is 0.447. The van der Waals surface area contributed by atoms with Crippen LogP contribution in [0.2, 0.25) is 0 Å². The zero-order valence-corrected chi connectivity index (χ0v) is 12.2. The summed E-state index contributed by atoms with van der Waals surface area (Å²) in [6, 6.07) is 1.20. The maximum absolute atomic E-state index is 4.89. The fourth-order valence-electron chi connectivity index (χ4n) is 2.87. The number of aliphatic imine (C=N–C) groups is 1. The molecule has 1 saturated carbocycles. The van der Waals surface area contributed by atoms with Gasteiger partial charge in [0.15, 0.2) is 5.17 Å². The molecule has 0 saturated heterocycles. The van der Waals surface area contributed by atoms with Crippen LogP contribution in [0.5, 0.6) is 0 Å². The summed E-state index contributed by atoms with van der Waals surface area (Å²) in [6.07, 6.45) is 6.63. The van der Waals surface area contributed by atoms with Crippen LogP contribution in [0.4, 0.5) is 0 Å². The Morgan fingerprint density at radius 3 is 3.00 bits per heavy atom. The number of hydrogen-bond acceptors (Lipinski definition) is 3. The second kappa shape index (κ2) is 6.12. The fraction of sp³-hybridized carbons (Fsp3) is 0.929. The molecule has 1 heterocycles. The van der Waals surface area contributed by atoms with Crippen molar-refractivity contribution in [3.8, 4) is 0 Å². The molecule has 98 valence electrons. The van der Waals surface area contributed by atoms with Crippen LogP contribution >= 0.6 is 11.8 Å². The Labute approximate surface area is 110 Å². The highest BCUT2D eigenvalue weighted by Gasteiger charge is 2.31. The minimum absolute atomic E-state index is 0.564. The SMILES string of the molecule is CCC(C)CC(C)NC1=NC2CCCC2CS1. The highest BCUT2D eigenvalue weighted by molar-refractivity contribution is 8.13. The van der Waals surface area contributed by atoms with Crippen LogP contribution in [0.3, 0.4) is 0 Å². The summed E-state index contributed by atoms with van der Waals surface area (Å²) < 4.78 is 0. The van der Waals surface area contributed by atoms with Gasteiger partial charge in [-0.1, -0.05) is 38.5 Å². The van der Waals surface area contributed by atoms with Crippen LogP contribution in [0.25, 0.3) is 0 Å². The van der Waals surface area contributed by atoms with Gasteiger partial charge in [-0.3, -0.25) is 4.99 Å². The van der Waals surface area contributed by atoms with E-state index in [9.17, 15) is 0 Å². The molecular formula is C14H26N2S. The maximum Gasteiger partial charge on any atom is 0.157 e. The van der Waals surface area contributed by atoms with Crippen LogP contribution in [0.1, 0.15) is 52.9 Å². The van der Waals surface area contributed by atoms with Gasteiger partial charge in [-0.05, 0) is 38.0 Å². The zero-order chi connectivity index (χ0) is 12.3. The average Bonchev–Trinajstić information content (AvgIpc) is 2.75. The molecule has 1 fully saturated rings. The Morgan fingerprint density at radius 2 is 2.24 bits per heavy atom. The van der Waals surface area contributed by atoms with Gasteiger partial charge in [-0.2, -0.15) is 0 Å². The van der Waals surface area contributed by atoms with Gasteiger partial charge in [0, 0.05) is 11.8 Å². The highest BCUT2D eigenvalue weighted by atomic mass is 32.2. The summed E-state index contributed by atoms with van der Waals surface area (Å²) in [4.78, 5) is 4.89. The molecule has 3 heteroatoms. The molecule has 2 rings (SSSR count). The van der Waals surface area contributed by atoms with Crippen molar-refractivity contribution < 1.29 is 0 Å². The van der Waals surface area contributed by atoms with Crippen LogP contribution in [-0.4, -0.2) is 23.0 Å². The van der Waals surface area contributed by atoms with Gasteiger partial charge in [-0.15, -0.1) is 0 Å². The van der Waals surface area contributed by atoms with E-state index in [0.29, 0.717) is 12.1 Å². The van der Waals surface area contributed by atoms with E-state index in [-0.39, 0.29) is 0 Å². The van der Waals surface area contributed by atoms with Gasteiger partial charge in [0.1, 0.15) is 0 Å². The quantitative estimate of drug-likeness (QED) is 0.828. The Balaban J connectivity index is 1.82. The third-order valence-electron chi connectivity index (χ3n) is 4.16. The molecule has 0 aromatic heterocycles. The number of thioether (sulfide) groups is 1. The summed E-state index contributed by atoms with van der Waals surface area (Å²) in [7, 11) is 0. The number of rotatable bonds is 4. The Kier molecular flexibility index (Phi) is 4.78. The van der Waals surface area contributed by atoms with Crippen molar-refractivity contribution in [1.29, 1.82) is 0 Å². The van der Waals surface area contributed by atoms with E-state index in [4.69, 9.17) is 4.99 Å². The first-order valence-electron chi connectivity index (χ1n) is 7.16. The first kappa shape index (κ1) is 13.3. The Hall–Kier alpha value is -0.180. The topological polar surface area (TPSA) is 24.4 Å². The monoisotopic (exact) mass is 254 g/mol. The molecule has 0 spiro atoms. The largest absolute Gasteiger partial charge is 0.362 e. The molecule has 0 aromatic carbocycles. The number of fused-ring (bicyclic) bond motifs is 1. The van der Waals surface area contributed by atoms with Crippen molar-refractivity contribution >= 4 is 16.9 Å². The molecule has 2 nitrogen and oxygen atoms in total. The maximum atomic E-state index is 4.89. The summed E-state index contributed by atoms with van der Waals surface area (Å²) in [5.74, 6) is 2.97. The van der Waals surface area contributed by atoms with Gasteiger partial charge >= 0.3 is 0 Å². The summed E-state index contributed by atoms with van der Waals surface area (Å²) in [5, 5.41) is 4.82. The number of hydrogen-bond donors (Lipinski definition) is 1. The van der Waals surface area contributed by atoms with Gasteiger partial charge in [0.25, 0.3) is 0 Å². The van der Waals surface area contributed by atoms with Crippen molar-refractivity contribution in [1.82, 2.24) is 5.32 Å². The second-order valence-electron chi connectivity index (χ2n) is 5.80. The molecule has 4 unspecified atom stereocenters. The minimum Gasteiger partial charge on any atom is -0.362 e. The van der Waals surface area contributed by atoms with E-state index in [1.807, 2.05) is 11.8 Å². The molecule has 1 aliphatic heterocycles. The van der Waals surface area contributed by atoms with E-state index in [0.717, 1.165) is 11.8 Å². The van der Waals surface area contributed by atoms with Gasteiger partial charge in [-0.25, -0.2) is 0 Å².